The Bertz CT molecular complexity index is 935. The molecule has 1 aromatic heterocycles. The van der Waals surface area contributed by atoms with E-state index < -0.39 is 5.91 Å². The lowest BCUT2D eigenvalue weighted by atomic mass is 10.2. The highest BCUT2D eigenvalue weighted by molar-refractivity contribution is 9.11. The minimum Gasteiger partial charge on any atom is -0.506 e. The fourth-order valence-electron chi connectivity index (χ4n) is 2.02. The Labute approximate surface area is 165 Å². The van der Waals surface area contributed by atoms with Crippen molar-refractivity contribution in [3.8, 4) is 17.1 Å². The largest absolute Gasteiger partial charge is 0.506 e. The zero-order valence-corrected chi connectivity index (χ0v) is 16.3. The number of aromatic nitrogens is 4. The first kappa shape index (κ1) is 18.2. The summed E-state index contributed by atoms with van der Waals surface area (Å²) in [5, 5.41) is 25.5. The van der Waals surface area contributed by atoms with Crippen LogP contribution in [0.2, 0.25) is 0 Å². The van der Waals surface area contributed by atoms with Gasteiger partial charge < -0.3 is 5.11 Å². The highest BCUT2D eigenvalue weighted by Crippen LogP contribution is 2.32. The molecule has 0 fully saturated rings. The summed E-state index contributed by atoms with van der Waals surface area (Å²) in [5.74, 6) is 0.147. The number of nitrogens with zero attached hydrogens (tertiary/aromatic N) is 5. The molecule has 0 aliphatic rings. The van der Waals surface area contributed by atoms with E-state index in [9.17, 15) is 9.90 Å². The van der Waals surface area contributed by atoms with E-state index in [4.69, 9.17) is 0 Å². The van der Waals surface area contributed by atoms with Crippen molar-refractivity contribution in [1.82, 2.24) is 25.6 Å². The fourth-order valence-corrected chi connectivity index (χ4v) is 3.24. The van der Waals surface area contributed by atoms with Crippen molar-refractivity contribution in [2.75, 3.05) is 0 Å². The second-order valence-corrected chi connectivity index (χ2v) is 6.84. The predicted octanol–water partition coefficient (Wildman–Crippen LogP) is 2.72. The third kappa shape index (κ3) is 4.52. The summed E-state index contributed by atoms with van der Waals surface area (Å²) >= 11 is 6.46. The maximum atomic E-state index is 11.9. The molecule has 3 rings (SSSR count). The number of carbonyl (C=O) groups is 1. The Morgan fingerprint density at radius 3 is 2.62 bits per heavy atom. The topological polar surface area (TPSA) is 105 Å². The Balaban J connectivity index is 1.59. The normalized spacial score (nSPS) is 11.0. The van der Waals surface area contributed by atoms with Crippen LogP contribution in [0.1, 0.15) is 5.56 Å². The van der Waals surface area contributed by atoms with E-state index in [1.54, 1.807) is 12.1 Å². The average molecular weight is 480 g/mol. The number of halogens is 2. The SMILES string of the molecule is O=C(Cn1nnc(-c2ccccc2)n1)N/N=C/c1cc(Br)c(O)c(Br)c1. The molecule has 0 saturated carbocycles. The van der Waals surface area contributed by atoms with Gasteiger partial charge >= 0.3 is 0 Å². The van der Waals surface area contributed by atoms with E-state index in [1.807, 2.05) is 30.3 Å². The highest BCUT2D eigenvalue weighted by atomic mass is 79.9. The van der Waals surface area contributed by atoms with Crippen LogP contribution in [0.5, 0.6) is 5.75 Å². The first-order chi connectivity index (χ1) is 12.5. The molecule has 2 aromatic carbocycles. The Morgan fingerprint density at radius 2 is 1.92 bits per heavy atom. The molecule has 0 bridgehead atoms. The van der Waals surface area contributed by atoms with E-state index in [1.165, 1.54) is 11.0 Å². The molecule has 0 radical (unpaired) electrons. The number of hydrazone groups is 1. The van der Waals surface area contributed by atoms with Crippen LogP contribution in [0.15, 0.2) is 56.5 Å². The van der Waals surface area contributed by atoms with E-state index >= 15 is 0 Å². The quantitative estimate of drug-likeness (QED) is 0.432. The molecule has 3 aromatic rings. The van der Waals surface area contributed by atoms with Crippen molar-refractivity contribution in [3.05, 3.63) is 57.0 Å². The van der Waals surface area contributed by atoms with Gasteiger partial charge in [0.05, 0.1) is 15.2 Å². The number of tetrazole rings is 1. The summed E-state index contributed by atoms with van der Waals surface area (Å²) in [6.45, 7) is -0.111. The molecule has 1 amide bonds. The summed E-state index contributed by atoms with van der Waals surface area (Å²) in [6.07, 6.45) is 1.46. The van der Waals surface area contributed by atoms with Gasteiger partial charge in [0.15, 0.2) is 0 Å². The van der Waals surface area contributed by atoms with Crippen LogP contribution in [0, 0.1) is 0 Å². The van der Waals surface area contributed by atoms with Gasteiger partial charge in [-0.2, -0.15) is 9.90 Å². The van der Waals surface area contributed by atoms with Gasteiger partial charge in [0.1, 0.15) is 12.3 Å². The first-order valence-corrected chi connectivity index (χ1v) is 8.94. The standard InChI is InChI=1S/C16H12Br2N6O2/c17-12-6-10(7-13(18)15(12)26)8-19-20-14(25)9-24-22-16(21-23-24)11-4-2-1-3-5-11/h1-8,26H,9H2,(H,20,25)/b19-8+. The van der Waals surface area contributed by atoms with Gasteiger partial charge in [-0.3, -0.25) is 4.79 Å². The molecule has 8 nitrogen and oxygen atoms in total. The van der Waals surface area contributed by atoms with Crippen molar-refractivity contribution >= 4 is 44.0 Å². The number of rotatable bonds is 5. The number of carbonyl (C=O) groups excluding carboxylic acids is 1. The lowest BCUT2D eigenvalue weighted by Gasteiger charge is -2.02. The third-order valence-corrected chi connectivity index (χ3v) is 4.42. The first-order valence-electron chi connectivity index (χ1n) is 7.36. The Morgan fingerprint density at radius 1 is 1.23 bits per heavy atom. The minimum absolute atomic E-state index is 0.0951. The average Bonchev–Trinajstić information content (AvgIpc) is 3.09. The number of hydrogen-bond acceptors (Lipinski definition) is 6. The number of phenolic OH excluding ortho intramolecular Hbond substituents is 1. The number of hydrogen-bond donors (Lipinski definition) is 2. The van der Waals surface area contributed by atoms with Gasteiger partial charge in [-0.25, -0.2) is 5.43 Å². The van der Waals surface area contributed by atoms with E-state index in [2.05, 4.69) is 57.8 Å². The van der Waals surface area contributed by atoms with Gasteiger partial charge in [0.2, 0.25) is 5.82 Å². The molecule has 0 atom stereocenters. The molecule has 0 spiro atoms. The molecular formula is C16H12Br2N6O2. The number of amides is 1. The fraction of sp³-hybridized carbons (Fsp3) is 0.0625. The van der Waals surface area contributed by atoms with E-state index in [0.717, 1.165) is 5.56 Å². The molecule has 0 aliphatic heterocycles. The van der Waals surface area contributed by atoms with Crippen LogP contribution in [0.25, 0.3) is 11.4 Å². The molecule has 26 heavy (non-hydrogen) atoms. The number of aromatic hydroxyl groups is 1. The van der Waals surface area contributed by atoms with Crippen LogP contribution in [-0.4, -0.2) is 37.4 Å². The van der Waals surface area contributed by atoms with Gasteiger partial charge in [-0.15, -0.1) is 10.2 Å². The molecule has 0 aliphatic carbocycles. The van der Waals surface area contributed by atoms with Gasteiger partial charge in [0.25, 0.3) is 5.91 Å². The molecule has 1 heterocycles. The lowest BCUT2D eigenvalue weighted by Crippen LogP contribution is -2.24. The van der Waals surface area contributed by atoms with Gasteiger partial charge in [0, 0.05) is 5.56 Å². The maximum absolute atomic E-state index is 11.9. The van der Waals surface area contributed by atoms with Crippen molar-refractivity contribution in [2.24, 2.45) is 5.10 Å². The summed E-state index contributed by atoms with van der Waals surface area (Å²) in [5.41, 5.74) is 3.90. The van der Waals surface area contributed by atoms with Crippen molar-refractivity contribution in [2.45, 2.75) is 6.54 Å². The molecule has 2 N–H and O–H groups in total. The van der Waals surface area contributed by atoms with Crippen LogP contribution in [0.3, 0.4) is 0 Å². The smallest absolute Gasteiger partial charge is 0.263 e. The third-order valence-electron chi connectivity index (χ3n) is 3.21. The second-order valence-electron chi connectivity index (χ2n) is 5.14. The van der Waals surface area contributed by atoms with Crippen molar-refractivity contribution in [1.29, 1.82) is 0 Å². The van der Waals surface area contributed by atoms with Crippen molar-refractivity contribution in [3.63, 3.8) is 0 Å². The zero-order chi connectivity index (χ0) is 18.5. The highest BCUT2D eigenvalue weighted by Gasteiger charge is 2.09. The molecule has 0 saturated heterocycles. The predicted molar refractivity (Wildman–Crippen MR) is 102 cm³/mol. The molecule has 0 unspecified atom stereocenters. The van der Waals surface area contributed by atoms with E-state index in [0.29, 0.717) is 20.3 Å². The van der Waals surface area contributed by atoms with Crippen LogP contribution in [0.4, 0.5) is 0 Å². The minimum atomic E-state index is -0.393. The van der Waals surface area contributed by atoms with Gasteiger partial charge in [-0.1, -0.05) is 30.3 Å². The second kappa shape index (κ2) is 8.19. The summed E-state index contributed by atoms with van der Waals surface area (Å²) < 4.78 is 1.03. The lowest BCUT2D eigenvalue weighted by molar-refractivity contribution is -0.122. The molecular weight excluding hydrogens is 468 g/mol. The van der Waals surface area contributed by atoms with Crippen LogP contribution < -0.4 is 5.43 Å². The van der Waals surface area contributed by atoms with E-state index in [-0.39, 0.29) is 12.3 Å². The van der Waals surface area contributed by atoms with Gasteiger partial charge in [-0.05, 0) is 54.8 Å². The zero-order valence-electron chi connectivity index (χ0n) is 13.2. The summed E-state index contributed by atoms with van der Waals surface area (Å²) in [7, 11) is 0. The van der Waals surface area contributed by atoms with Crippen LogP contribution >= 0.6 is 31.9 Å². The Kier molecular flexibility index (Phi) is 5.74. The molecule has 10 heteroatoms. The molecule has 132 valence electrons. The number of phenols is 1. The number of nitrogens with one attached hydrogen (secondary N) is 1. The Hall–Kier alpha value is -2.59. The number of benzene rings is 2. The van der Waals surface area contributed by atoms with Crippen LogP contribution in [-0.2, 0) is 11.3 Å². The summed E-state index contributed by atoms with van der Waals surface area (Å²) in [6, 6.07) is 12.7. The monoisotopic (exact) mass is 478 g/mol. The summed E-state index contributed by atoms with van der Waals surface area (Å²) in [4.78, 5) is 13.1. The maximum Gasteiger partial charge on any atom is 0.263 e. The van der Waals surface area contributed by atoms with Crippen molar-refractivity contribution < 1.29 is 9.90 Å².